The van der Waals surface area contributed by atoms with Crippen LogP contribution < -0.4 is 5.56 Å². The topological polar surface area (TPSA) is 79.7 Å². The maximum Gasteiger partial charge on any atom is 0.417 e. The Bertz CT molecular complexity index is 1110. The average molecular weight is 478 g/mol. The minimum absolute atomic E-state index is 0.0547. The molecule has 0 atom stereocenters. The summed E-state index contributed by atoms with van der Waals surface area (Å²) in [4.78, 5) is 25.9. The maximum absolute atomic E-state index is 13.0. The number of carbonyl (C=O) groups is 1. The summed E-state index contributed by atoms with van der Waals surface area (Å²) in [6.07, 6.45) is -4.17. The van der Waals surface area contributed by atoms with E-state index in [2.05, 4.69) is 0 Å². The molecular formula is C19H19ClF3N3O4S. The predicted octanol–water partition coefficient (Wildman–Crippen LogP) is 2.19. The number of alkyl halides is 3. The van der Waals surface area contributed by atoms with Crippen molar-refractivity contribution in [3.63, 3.8) is 0 Å². The first-order valence-electron chi connectivity index (χ1n) is 9.24. The van der Waals surface area contributed by atoms with E-state index in [4.69, 9.17) is 11.6 Å². The lowest BCUT2D eigenvalue weighted by molar-refractivity contribution is -0.139. The van der Waals surface area contributed by atoms with E-state index in [1.165, 1.54) is 9.21 Å². The molecule has 1 fully saturated rings. The zero-order valence-electron chi connectivity index (χ0n) is 16.2. The molecule has 1 aromatic heterocycles. The van der Waals surface area contributed by atoms with Crippen LogP contribution in [0.3, 0.4) is 0 Å². The molecule has 31 heavy (non-hydrogen) atoms. The van der Waals surface area contributed by atoms with Crippen molar-refractivity contribution < 1.29 is 26.4 Å². The molecule has 2 aromatic rings. The van der Waals surface area contributed by atoms with Crippen molar-refractivity contribution in [3.05, 3.63) is 69.1 Å². The number of piperazine rings is 1. The van der Waals surface area contributed by atoms with Crippen LogP contribution in [0.1, 0.15) is 11.1 Å². The summed E-state index contributed by atoms with van der Waals surface area (Å²) >= 11 is 5.60. The van der Waals surface area contributed by atoms with Crippen LogP contribution in [0, 0.1) is 0 Å². The normalized spacial score (nSPS) is 15.8. The minimum Gasteiger partial charge on any atom is -0.339 e. The van der Waals surface area contributed by atoms with Crippen molar-refractivity contribution in [1.29, 1.82) is 0 Å². The van der Waals surface area contributed by atoms with Crippen molar-refractivity contribution >= 4 is 27.5 Å². The second-order valence-electron chi connectivity index (χ2n) is 7.03. The fourth-order valence-electron chi connectivity index (χ4n) is 3.21. The minimum atomic E-state index is -4.72. The van der Waals surface area contributed by atoms with Crippen LogP contribution in [0.5, 0.6) is 0 Å². The summed E-state index contributed by atoms with van der Waals surface area (Å²) < 4.78 is 65.9. The van der Waals surface area contributed by atoms with E-state index >= 15 is 0 Å². The number of nitrogens with zero attached hydrogens (tertiary/aromatic N) is 3. The van der Waals surface area contributed by atoms with Gasteiger partial charge in [-0.15, -0.1) is 0 Å². The van der Waals surface area contributed by atoms with E-state index in [9.17, 15) is 31.2 Å². The molecule has 0 saturated carbocycles. The molecule has 1 aliphatic rings. The van der Waals surface area contributed by atoms with Gasteiger partial charge in [0.25, 0.3) is 5.56 Å². The Kier molecular flexibility index (Phi) is 6.77. The Morgan fingerprint density at radius 1 is 1.06 bits per heavy atom. The number of amides is 1. The Balaban J connectivity index is 1.65. The maximum atomic E-state index is 13.0. The van der Waals surface area contributed by atoms with E-state index in [1.54, 1.807) is 30.3 Å². The lowest BCUT2D eigenvalue weighted by Gasteiger charge is -2.34. The highest BCUT2D eigenvalue weighted by Gasteiger charge is 2.33. The molecule has 3 rings (SSSR count). The molecule has 12 heteroatoms. The quantitative estimate of drug-likeness (QED) is 0.661. The number of benzene rings is 1. The molecule has 1 aromatic carbocycles. The molecule has 2 heterocycles. The van der Waals surface area contributed by atoms with Gasteiger partial charge < -0.3 is 9.47 Å². The highest BCUT2D eigenvalue weighted by Crippen LogP contribution is 2.29. The van der Waals surface area contributed by atoms with Gasteiger partial charge in [-0.05, 0) is 11.6 Å². The number of halogens is 4. The first kappa shape index (κ1) is 23.3. The van der Waals surface area contributed by atoms with Crippen LogP contribution in [0.15, 0.2) is 47.4 Å². The first-order chi connectivity index (χ1) is 14.5. The van der Waals surface area contributed by atoms with Gasteiger partial charge in [-0.3, -0.25) is 9.59 Å². The van der Waals surface area contributed by atoms with Gasteiger partial charge in [-0.25, -0.2) is 8.42 Å². The number of pyridine rings is 1. The summed E-state index contributed by atoms with van der Waals surface area (Å²) in [6, 6.07) is 9.18. The number of rotatable bonds is 5. The van der Waals surface area contributed by atoms with Gasteiger partial charge in [-0.1, -0.05) is 41.9 Å². The van der Waals surface area contributed by atoms with Crippen molar-refractivity contribution in [3.8, 4) is 0 Å². The largest absolute Gasteiger partial charge is 0.417 e. The molecule has 7 nitrogen and oxygen atoms in total. The molecule has 0 bridgehead atoms. The van der Waals surface area contributed by atoms with Crippen LogP contribution >= 0.6 is 11.6 Å². The fraction of sp³-hybridized carbons (Fsp3) is 0.368. The van der Waals surface area contributed by atoms with Crippen molar-refractivity contribution in [1.82, 2.24) is 13.8 Å². The van der Waals surface area contributed by atoms with E-state index in [0.29, 0.717) is 22.4 Å². The lowest BCUT2D eigenvalue weighted by Crippen LogP contribution is -2.51. The molecule has 168 valence electrons. The third kappa shape index (κ3) is 5.66. The Labute approximate surface area is 181 Å². The van der Waals surface area contributed by atoms with Crippen molar-refractivity contribution in [2.45, 2.75) is 18.5 Å². The van der Waals surface area contributed by atoms with Gasteiger partial charge in [0.05, 0.1) is 11.3 Å². The van der Waals surface area contributed by atoms with E-state index < -0.39 is 44.8 Å². The summed E-state index contributed by atoms with van der Waals surface area (Å²) in [5, 5.41) is -0.639. The highest BCUT2D eigenvalue weighted by atomic mass is 35.5. The summed E-state index contributed by atoms with van der Waals surface area (Å²) in [5.74, 6) is -0.766. The van der Waals surface area contributed by atoms with Gasteiger partial charge >= 0.3 is 6.18 Å². The monoisotopic (exact) mass is 477 g/mol. The summed E-state index contributed by atoms with van der Waals surface area (Å²) in [5.41, 5.74) is -1.41. The van der Waals surface area contributed by atoms with Crippen LogP contribution in [-0.4, -0.2) is 54.3 Å². The Morgan fingerprint density at radius 3 is 2.26 bits per heavy atom. The molecule has 0 unspecified atom stereocenters. The van der Waals surface area contributed by atoms with Gasteiger partial charge in [0.1, 0.15) is 11.6 Å². The fourth-order valence-corrected chi connectivity index (χ4v) is 4.95. The molecule has 0 radical (unpaired) electrons. The van der Waals surface area contributed by atoms with E-state index in [-0.39, 0.29) is 31.9 Å². The number of carbonyl (C=O) groups excluding carboxylic acids is 1. The molecule has 1 amide bonds. The zero-order chi connectivity index (χ0) is 22.8. The number of hydrogen-bond acceptors (Lipinski definition) is 4. The van der Waals surface area contributed by atoms with E-state index in [0.717, 1.165) is 0 Å². The van der Waals surface area contributed by atoms with Crippen molar-refractivity contribution in [2.24, 2.45) is 0 Å². The van der Waals surface area contributed by atoms with Gasteiger partial charge in [0.2, 0.25) is 15.9 Å². The molecule has 0 N–H and O–H groups in total. The highest BCUT2D eigenvalue weighted by molar-refractivity contribution is 7.88. The number of aromatic nitrogens is 1. The van der Waals surface area contributed by atoms with Crippen molar-refractivity contribution in [2.75, 3.05) is 26.2 Å². The first-order valence-corrected chi connectivity index (χ1v) is 11.2. The third-order valence-corrected chi connectivity index (χ3v) is 6.97. The second kappa shape index (κ2) is 9.01. The number of sulfonamides is 1. The standard InChI is InChI=1S/C19H19ClF3N3O4S/c20-16-10-15(19(21,22)23)11-25(18(16)28)12-17(27)24-6-8-26(9-7-24)31(29,30)13-14-4-2-1-3-5-14/h1-5,10-11H,6-9,12-13H2. The summed E-state index contributed by atoms with van der Waals surface area (Å²) in [6.45, 7) is -0.389. The predicted molar refractivity (Wildman–Crippen MR) is 108 cm³/mol. The average Bonchev–Trinajstić information content (AvgIpc) is 2.71. The lowest BCUT2D eigenvalue weighted by atomic mass is 10.2. The Hall–Kier alpha value is -2.37. The second-order valence-corrected chi connectivity index (χ2v) is 9.41. The Morgan fingerprint density at radius 2 is 1.68 bits per heavy atom. The smallest absolute Gasteiger partial charge is 0.339 e. The summed E-state index contributed by atoms with van der Waals surface area (Å²) in [7, 11) is -3.58. The third-order valence-electron chi connectivity index (χ3n) is 4.85. The number of hydrogen-bond donors (Lipinski definition) is 0. The van der Waals surface area contributed by atoms with Crippen LogP contribution in [-0.2, 0) is 33.3 Å². The van der Waals surface area contributed by atoms with Crippen LogP contribution in [0.2, 0.25) is 5.02 Å². The zero-order valence-corrected chi connectivity index (χ0v) is 17.8. The molecule has 1 saturated heterocycles. The van der Waals surface area contributed by atoms with E-state index in [1.807, 2.05) is 0 Å². The van der Waals surface area contributed by atoms with Gasteiger partial charge in [0.15, 0.2) is 0 Å². The van der Waals surface area contributed by atoms with Gasteiger partial charge in [-0.2, -0.15) is 17.5 Å². The molecule has 0 spiro atoms. The molecule has 0 aliphatic carbocycles. The molecule has 1 aliphatic heterocycles. The SMILES string of the molecule is O=C(Cn1cc(C(F)(F)F)cc(Cl)c1=O)N1CCN(S(=O)(=O)Cc2ccccc2)CC1. The van der Waals surface area contributed by atoms with Gasteiger partial charge in [0, 0.05) is 32.4 Å². The molecular weight excluding hydrogens is 459 g/mol. The van der Waals surface area contributed by atoms with Crippen LogP contribution in [0.4, 0.5) is 13.2 Å². The van der Waals surface area contributed by atoms with Crippen LogP contribution in [0.25, 0.3) is 0 Å².